The van der Waals surface area contributed by atoms with E-state index in [4.69, 9.17) is 5.73 Å². The molecule has 1 aromatic rings. The van der Waals surface area contributed by atoms with Crippen LogP contribution in [0.5, 0.6) is 0 Å². The van der Waals surface area contributed by atoms with Crippen LogP contribution in [0.4, 0.5) is 11.4 Å². The number of nitrogen functional groups attached to an aromatic ring is 1. The number of nitrogens with one attached hydrogen (secondary N) is 1. The molecule has 0 spiro atoms. The molecule has 6 heteroatoms. The van der Waals surface area contributed by atoms with E-state index in [0.29, 0.717) is 5.69 Å². The van der Waals surface area contributed by atoms with Crippen molar-refractivity contribution in [2.24, 2.45) is 0 Å². The molecule has 0 heterocycles. The van der Waals surface area contributed by atoms with Gasteiger partial charge in [0.2, 0.25) is 0 Å². The normalized spacial score (nSPS) is 8.69. The third-order valence-corrected chi connectivity index (χ3v) is 1.69. The van der Waals surface area contributed by atoms with E-state index in [-0.39, 0.29) is 11.3 Å². The first-order valence-corrected chi connectivity index (χ1v) is 4.82. The first kappa shape index (κ1) is 13.9. The Morgan fingerprint density at radius 3 is 2.44 bits per heavy atom. The third kappa shape index (κ3) is 3.23. The van der Waals surface area contributed by atoms with Crippen molar-refractivity contribution >= 4 is 17.3 Å². The molecule has 0 bridgehead atoms. The fraction of sp³-hybridized carbons (Fsp3) is 0.300. The molecule has 16 heavy (non-hydrogen) atoms. The van der Waals surface area contributed by atoms with E-state index in [1.54, 1.807) is 0 Å². The molecule has 0 unspecified atom stereocenters. The Kier molecular flexibility index (Phi) is 5.55. The zero-order valence-corrected chi connectivity index (χ0v) is 9.48. The van der Waals surface area contributed by atoms with E-state index in [2.05, 4.69) is 5.32 Å². The highest BCUT2D eigenvalue weighted by atomic mass is 16.6. The maximum absolute atomic E-state index is 11.2. The van der Waals surface area contributed by atoms with Crippen molar-refractivity contribution in [3.63, 3.8) is 0 Å². The van der Waals surface area contributed by atoms with Gasteiger partial charge in [-0.2, -0.15) is 0 Å². The van der Waals surface area contributed by atoms with Crippen LogP contribution in [0.2, 0.25) is 0 Å². The Balaban J connectivity index is 0.00000106. The first-order valence-electron chi connectivity index (χ1n) is 4.82. The number of hydrogen-bond acceptors (Lipinski definition) is 4. The number of carbonyl (C=O) groups excluding carboxylic acids is 1. The molecule has 0 saturated carbocycles. The predicted octanol–water partition coefficient (Wildman–Crippen LogP) is 1.56. The van der Waals surface area contributed by atoms with E-state index in [1.807, 2.05) is 13.8 Å². The fourth-order valence-corrected chi connectivity index (χ4v) is 1.03. The highest BCUT2D eigenvalue weighted by Crippen LogP contribution is 2.20. The molecule has 1 aromatic carbocycles. The summed E-state index contributed by atoms with van der Waals surface area (Å²) >= 11 is 0. The largest absolute Gasteiger partial charge is 0.399 e. The number of nitrogens with zero attached hydrogens (tertiary/aromatic N) is 1. The molecule has 6 nitrogen and oxygen atoms in total. The van der Waals surface area contributed by atoms with Gasteiger partial charge >= 0.3 is 0 Å². The number of nitrogens with two attached hydrogens (primary N) is 1. The Bertz CT molecular complexity index is 391. The average molecular weight is 225 g/mol. The van der Waals surface area contributed by atoms with Crippen molar-refractivity contribution < 1.29 is 9.72 Å². The molecule has 0 fully saturated rings. The van der Waals surface area contributed by atoms with Gasteiger partial charge in [0, 0.05) is 18.8 Å². The Morgan fingerprint density at radius 2 is 2.00 bits per heavy atom. The maximum atomic E-state index is 11.2. The molecule has 0 aliphatic carbocycles. The van der Waals surface area contributed by atoms with Crippen LogP contribution in [0.15, 0.2) is 18.2 Å². The van der Waals surface area contributed by atoms with Crippen molar-refractivity contribution in [3.05, 3.63) is 33.9 Å². The number of amides is 1. The van der Waals surface area contributed by atoms with Crippen LogP contribution < -0.4 is 11.1 Å². The Hall–Kier alpha value is -2.11. The van der Waals surface area contributed by atoms with Gasteiger partial charge in [0.25, 0.3) is 11.6 Å². The second-order valence-electron chi connectivity index (χ2n) is 2.61. The zero-order chi connectivity index (χ0) is 12.7. The standard InChI is InChI=1S/C8H9N3O3.C2H6/c1-10-8(12)6-4-5(9)2-3-7(6)11(13)14;1-2/h2-4H,9H2,1H3,(H,10,12);1-2H3. The van der Waals surface area contributed by atoms with Gasteiger partial charge in [-0.1, -0.05) is 13.8 Å². The fourth-order valence-electron chi connectivity index (χ4n) is 1.03. The van der Waals surface area contributed by atoms with Crippen molar-refractivity contribution in [2.75, 3.05) is 12.8 Å². The summed E-state index contributed by atoms with van der Waals surface area (Å²) in [7, 11) is 1.40. The summed E-state index contributed by atoms with van der Waals surface area (Å²) in [6.07, 6.45) is 0. The van der Waals surface area contributed by atoms with Crippen molar-refractivity contribution in [1.29, 1.82) is 0 Å². The molecular formula is C10H15N3O3. The molecule has 1 rings (SSSR count). The van der Waals surface area contributed by atoms with Crippen LogP contribution in [-0.2, 0) is 0 Å². The van der Waals surface area contributed by atoms with Crippen LogP contribution in [-0.4, -0.2) is 17.9 Å². The Morgan fingerprint density at radius 1 is 1.44 bits per heavy atom. The average Bonchev–Trinajstić information content (AvgIpc) is 2.30. The summed E-state index contributed by atoms with van der Waals surface area (Å²) in [5.74, 6) is -0.524. The molecule has 0 aliphatic heterocycles. The Labute approximate surface area is 93.6 Å². The van der Waals surface area contributed by atoms with Gasteiger partial charge < -0.3 is 11.1 Å². The van der Waals surface area contributed by atoms with E-state index in [9.17, 15) is 14.9 Å². The zero-order valence-electron chi connectivity index (χ0n) is 9.48. The van der Waals surface area contributed by atoms with Gasteiger partial charge in [-0.05, 0) is 12.1 Å². The van der Waals surface area contributed by atoms with Gasteiger partial charge in [0.15, 0.2) is 0 Å². The number of rotatable bonds is 2. The smallest absolute Gasteiger partial charge is 0.282 e. The molecule has 88 valence electrons. The lowest BCUT2D eigenvalue weighted by Gasteiger charge is -2.02. The van der Waals surface area contributed by atoms with E-state index in [0.717, 1.165) is 0 Å². The summed E-state index contributed by atoms with van der Waals surface area (Å²) in [5, 5.41) is 12.8. The number of benzene rings is 1. The topological polar surface area (TPSA) is 98.3 Å². The van der Waals surface area contributed by atoms with Crippen molar-refractivity contribution in [1.82, 2.24) is 5.32 Å². The summed E-state index contributed by atoms with van der Waals surface area (Å²) in [6, 6.07) is 3.86. The van der Waals surface area contributed by atoms with Gasteiger partial charge in [0.05, 0.1) is 4.92 Å². The lowest BCUT2D eigenvalue weighted by atomic mass is 10.1. The summed E-state index contributed by atoms with van der Waals surface area (Å²) in [5.41, 5.74) is 5.45. The number of anilines is 1. The minimum atomic E-state index is -0.621. The lowest BCUT2D eigenvalue weighted by molar-refractivity contribution is -0.385. The lowest BCUT2D eigenvalue weighted by Crippen LogP contribution is -2.19. The molecule has 3 N–H and O–H groups in total. The summed E-state index contributed by atoms with van der Waals surface area (Å²) < 4.78 is 0. The highest BCUT2D eigenvalue weighted by molar-refractivity contribution is 5.98. The van der Waals surface area contributed by atoms with Gasteiger partial charge in [-0.15, -0.1) is 0 Å². The predicted molar refractivity (Wildman–Crippen MR) is 62.2 cm³/mol. The van der Waals surface area contributed by atoms with Gasteiger partial charge in [-0.3, -0.25) is 14.9 Å². The van der Waals surface area contributed by atoms with Crippen LogP contribution in [0.1, 0.15) is 24.2 Å². The molecule has 0 atom stereocenters. The monoisotopic (exact) mass is 225 g/mol. The molecule has 0 aromatic heterocycles. The summed E-state index contributed by atoms with van der Waals surface area (Å²) in [6.45, 7) is 4.00. The molecule has 0 saturated heterocycles. The molecular weight excluding hydrogens is 210 g/mol. The van der Waals surface area contributed by atoms with Gasteiger partial charge in [0.1, 0.15) is 5.56 Å². The van der Waals surface area contributed by atoms with Gasteiger partial charge in [-0.25, -0.2) is 0 Å². The van der Waals surface area contributed by atoms with E-state index in [1.165, 1.54) is 25.2 Å². The number of nitro benzene ring substituents is 1. The van der Waals surface area contributed by atoms with E-state index < -0.39 is 10.8 Å². The van der Waals surface area contributed by atoms with Crippen LogP contribution in [0, 0.1) is 10.1 Å². The second-order valence-corrected chi connectivity index (χ2v) is 2.61. The molecule has 0 aliphatic rings. The minimum absolute atomic E-state index is 0.0301. The first-order chi connectivity index (χ1) is 7.56. The minimum Gasteiger partial charge on any atom is -0.399 e. The molecule has 1 amide bonds. The quantitative estimate of drug-likeness (QED) is 0.453. The van der Waals surface area contributed by atoms with Crippen LogP contribution in [0.3, 0.4) is 0 Å². The maximum Gasteiger partial charge on any atom is 0.282 e. The SMILES string of the molecule is CC.CNC(=O)c1cc(N)ccc1[N+](=O)[O-]. The van der Waals surface area contributed by atoms with Crippen LogP contribution in [0.25, 0.3) is 0 Å². The second kappa shape index (κ2) is 6.39. The summed E-state index contributed by atoms with van der Waals surface area (Å²) in [4.78, 5) is 21.1. The third-order valence-electron chi connectivity index (χ3n) is 1.69. The number of nitro groups is 1. The van der Waals surface area contributed by atoms with Crippen molar-refractivity contribution in [2.45, 2.75) is 13.8 Å². The number of carbonyl (C=O) groups is 1. The molecule has 0 radical (unpaired) electrons. The number of hydrogen-bond donors (Lipinski definition) is 2. The van der Waals surface area contributed by atoms with Crippen molar-refractivity contribution in [3.8, 4) is 0 Å². The van der Waals surface area contributed by atoms with E-state index >= 15 is 0 Å². The highest BCUT2D eigenvalue weighted by Gasteiger charge is 2.18. The van der Waals surface area contributed by atoms with Crippen LogP contribution >= 0.6 is 0 Å².